The molecule has 0 radical (unpaired) electrons. The van der Waals surface area contributed by atoms with Gasteiger partial charge in [0.25, 0.3) is 10.1 Å². The fraction of sp³-hybridized carbons (Fsp3) is 0.491. The smallest absolute Gasteiger partial charge is 0.334 e. The Morgan fingerprint density at radius 3 is 1.47 bits per heavy atom. The minimum atomic E-state index is -3.68. The summed E-state index contributed by atoms with van der Waals surface area (Å²) in [5.74, 6) is 0.888. The molecule has 4 aromatic carbocycles. The number of hydrogen-bond donors (Lipinski definition) is 8. The Balaban J connectivity index is 0.000000338. The Morgan fingerprint density at radius 2 is 1.05 bits per heavy atom. The third-order valence-electron chi connectivity index (χ3n) is 10.8. The topological polar surface area (TPSA) is 353 Å². The van der Waals surface area contributed by atoms with Crippen LogP contribution in [0.2, 0.25) is 0 Å². The highest BCUT2D eigenvalue weighted by Gasteiger charge is 2.27. The van der Waals surface area contributed by atoms with Crippen molar-refractivity contribution in [3.05, 3.63) is 138 Å². The number of hydrogen-bond acceptors (Lipinski definition) is 23. The summed E-state index contributed by atoms with van der Waals surface area (Å²) >= 11 is 0. The van der Waals surface area contributed by atoms with E-state index in [9.17, 15) is 18.0 Å². The van der Waals surface area contributed by atoms with Gasteiger partial charge < -0.3 is 75.3 Å². The summed E-state index contributed by atoms with van der Waals surface area (Å²) in [6.07, 6.45) is 0.355. The van der Waals surface area contributed by atoms with E-state index in [0.29, 0.717) is 76.6 Å². The first-order valence-corrected chi connectivity index (χ1v) is 27.6. The van der Waals surface area contributed by atoms with E-state index in [1.165, 1.54) is 26.4 Å². The first-order valence-electron chi connectivity index (χ1n) is 26.2. The Labute approximate surface area is 475 Å². The molecule has 10 N–H and O–H groups in total. The fourth-order valence-electron chi connectivity index (χ4n) is 6.20. The average Bonchev–Trinajstić information content (AvgIpc) is 4.31. The number of aliphatic imine (C=N–C) groups is 3. The molecule has 24 heteroatoms. The second kappa shape index (κ2) is 40.8. The highest BCUT2D eigenvalue weighted by Crippen LogP contribution is 2.16. The Morgan fingerprint density at radius 1 is 0.605 bits per heavy atom. The number of rotatable bonds is 23. The summed E-state index contributed by atoms with van der Waals surface area (Å²) in [4.78, 5) is 34.4. The fourth-order valence-corrected chi connectivity index (χ4v) is 7.12. The molecule has 81 heavy (non-hydrogen) atoms. The van der Waals surface area contributed by atoms with Crippen molar-refractivity contribution in [3.8, 4) is 0 Å². The van der Waals surface area contributed by atoms with Crippen LogP contribution in [0.15, 0.2) is 135 Å². The molecule has 0 amide bonds. The van der Waals surface area contributed by atoms with Gasteiger partial charge >= 0.3 is 11.9 Å². The Hall–Kier alpha value is -6.26. The van der Waals surface area contributed by atoms with E-state index in [4.69, 9.17) is 70.0 Å². The van der Waals surface area contributed by atoms with Crippen LogP contribution in [0, 0.1) is 6.92 Å². The van der Waals surface area contributed by atoms with Crippen LogP contribution in [-0.2, 0) is 57.0 Å². The quantitative estimate of drug-likeness (QED) is 0.0300. The van der Waals surface area contributed by atoms with E-state index < -0.39 is 34.3 Å². The Kier molecular flexibility index (Phi) is 35.7. The van der Waals surface area contributed by atoms with Gasteiger partial charge in [0.2, 0.25) is 17.7 Å². The number of aliphatic hydroxyl groups excluding tert-OH is 6. The van der Waals surface area contributed by atoms with Crippen molar-refractivity contribution in [2.75, 3.05) is 86.9 Å². The maximum absolute atomic E-state index is 11.6. The molecule has 0 aromatic heterocycles. The summed E-state index contributed by atoms with van der Waals surface area (Å²) in [6, 6.07) is 33.8. The molecular weight excluding hydrogens is 1070 g/mol. The average molecular weight is 1160 g/mol. The highest BCUT2D eigenvalue weighted by atomic mass is 32.2. The number of ether oxygens (including phenoxy) is 7. The molecule has 23 nitrogen and oxygen atoms in total. The SMILES string of the molecule is CC(O)CCOCC(N)CO.CC(O)CCOCC1COC(c2ccccc2)=N1.COC(=O)C(N)CO.COC(=O)C1COC(c2ccccc2)=N1.Cc1ccc(S(=O)(=O)OCCC(C)O)cc1.OCC1COC(c2ccccc2)=N1. The van der Waals surface area contributed by atoms with Gasteiger partial charge in [-0.2, -0.15) is 8.42 Å². The number of carbonyl (C=O) groups is 2. The van der Waals surface area contributed by atoms with Crippen LogP contribution in [-0.4, -0.2) is 204 Å². The molecular formula is C57H83N5O18S. The van der Waals surface area contributed by atoms with Crippen molar-refractivity contribution >= 4 is 39.7 Å². The molecule has 0 bridgehead atoms. The van der Waals surface area contributed by atoms with Crippen LogP contribution in [0.25, 0.3) is 0 Å². The highest BCUT2D eigenvalue weighted by molar-refractivity contribution is 7.86. The molecule has 3 aliphatic rings. The van der Waals surface area contributed by atoms with E-state index in [-0.39, 0.29) is 74.2 Å². The lowest BCUT2D eigenvalue weighted by atomic mass is 10.2. The van der Waals surface area contributed by atoms with Gasteiger partial charge in [0.1, 0.15) is 37.9 Å². The maximum atomic E-state index is 11.6. The van der Waals surface area contributed by atoms with Gasteiger partial charge in [-0.25, -0.2) is 19.8 Å². The third kappa shape index (κ3) is 30.4. The van der Waals surface area contributed by atoms with Crippen molar-refractivity contribution in [2.45, 2.75) is 100 Å². The van der Waals surface area contributed by atoms with Crippen LogP contribution < -0.4 is 11.5 Å². The number of aliphatic hydroxyl groups is 6. The summed E-state index contributed by atoms with van der Waals surface area (Å²) in [6.45, 7) is 9.81. The number of methoxy groups -OCH3 is 2. The summed E-state index contributed by atoms with van der Waals surface area (Å²) in [7, 11) is -1.12. The van der Waals surface area contributed by atoms with Crippen LogP contribution >= 0.6 is 0 Å². The van der Waals surface area contributed by atoms with Gasteiger partial charge in [-0.15, -0.1) is 0 Å². The lowest BCUT2D eigenvalue weighted by molar-refractivity contribution is -0.143. The third-order valence-corrected chi connectivity index (χ3v) is 12.2. The number of esters is 2. The molecule has 3 aliphatic heterocycles. The van der Waals surface area contributed by atoms with Crippen molar-refractivity contribution in [1.29, 1.82) is 0 Å². The molecule has 8 unspecified atom stereocenters. The van der Waals surface area contributed by atoms with E-state index in [2.05, 4.69) is 24.5 Å². The summed E-state index contributed by atoms with van der Waals surface area (Å²) in [5, 5.41) is 52.4. The standard InChI is InChI=1S/C14H19NO3.C11H11NO3.C11H16O4S.C10H11NO2.C7H17NO3.C4H9NO3/c1-11(16)7-8-17-9-13-10-18-14(15-13)12-5-3-2-4-6-12;1-14-11(13)9-7-15-10(12-9)8-5-3-2-4-6-8;1-9-3-5-11(6-4-9)16(13,14)15-8-7-10(2)12;12-6-9-7-13-10(11-9)8-4-2-1-3-5-8;1-6(10)2-3-11-5-7(8)4-9;1-8-4(7)3(5)2-6/h2-6,11,13,16H,7-10H2,1H3;2-6,9H,7H2,1H3;3-6,10,12H,7-8H2,1-2H3;1-5,9,12H,6-7H2;6-7,9-10H,2-5,8H2,1H3;3,6H,2,5H2,1H3. The summed E-state index contributed by atoms with van der Waals surface area (Å²) < 4.78 is 63.5. The lowest BCUT2D eigenvalue weighted by Crippen LogP contribution is -2.34. The van der Waals surface area contributed by atoms with Crippen molar-refractivity contribution in [1.82, 2.24) is 0 Å². The first kappa shape index (κ1) is 70.8. The van der Waals surface area contributed by atoms with Crippen molar-refractivity contribution in [2.24, 2.45) is 26.4 Å². The predicted octanol–water partition coefficient (Wildman–Crippen LogP) is 2.49. The number of nitrogens with two attached hydrogens (primary N) is 2. The second-order valence-electron chi connectivity index (χ2n) is 18.3. The van der Waals surface area contributed by atoms with Crippen LogP contribution in [0.5, 0.6) is 0 Å². The van der Waals surface area contributed by atoms with Crippen LogP contribution in [0.4, 0.5) is 0 Å². The molecule has 4 aromatic rings. The van der Waals surface area contributed by atoms with Crippen molar-refractivity contribution < 1.29 is 86.0 Å². The van der Waals surface area contributed by atoms with E-state index in [1.807, 2.05) is 97.9 Å². The van der Waals surface area contributed by atoms with E-state index in [1.54, 1.807) is 32.9 Å². The molecule has 0 saturated heterocycles. The van der Waals surface area contributed by atoms with Gasteiger partial charge in [0, 0.05) is 29.9 Å². The van der Waals surface area contributed by atoms with Gasteiger partial charge in [-0.1, -0.05) is 72.3 Å². The molecule has 0 fully saturated rings. The second-order valence-corrected chi connectivity index (χ2v) is 19.9. The monoisotopic (exact) mass is 1160 g/mol. The Bertz CT molecular complexity index is 2530. The number of aryl methyl sites for hydroxylation is 1. The molecule has 0 saturated carbocycles. The van der Waals surface area contributed by atoms with E-state index >= 15 is 0 Å². The van der Waals surface area contributed by atoms with Crippen LogP contribution in [0.1, 0.15) is 62.3 Å². The molecule has 3 heterocycles. The molecule has 8 atom stereocenters. The molecule has 0 spiro atoms. The zero-order valence-electron chi connectivity index (χ0n) is 47.0. The zero-order chi connectivity index (χ0) is 60.0. The normalized spacial score (nSPS) is 17.7. The van der Waals surface area contributed by atoms with Crippen molar-refractivity contribution in [3.63, 3.8) is 0 Å². The molecule has 450 valence electrons. The number of carbonyl (C=O) groups excluding carboxylic acids is 2. The zero-order valence-corrected chi connectivity index (χ0v) is 47.8. The molecule has 7 rings (SSSR count). The predicted molar refractivity (Wildman–Crippen MR) is 304 cm³/mol. The first-order chi connectivity index (χ1) is 38.8. The number of benzene rings is 4. The van der Waals surface area contributed by atoms with E-state index in [0.717, 1.165) is 22.3 Å². The largest absolute Gasteiger partial charge is 0.475 e. The van der Waals surface area contributed by atoms with Gasteiger partial charge in [0.05, 0.1) is 83.1 Å². The minimum Gasteiger partial charge on any atom is -0.475 e. The van der Waals surface area contributed by atoms with Crippen LogP contribution in [0.3, 0.4) is 0 Å². The van der Waals surface area contributed by atoms with Gasteiger partial charge in [-0.05, 0) is 95.5 Å². The minimum absolute atomic E-state index is 0.00607. The summed E-state index contributed by atoms with van der Waals surface area (Å²) in [5.41, 5.74) is 14.2. The van der Waals surface area contributed by atoms with Gasteiger partial charge in [0.15, 0.2) is 6.04 Å². The van der Waals surface area contributed by atoms with Gasteiger partial charge in [-0.3, -0.25) is 8.98 Å². The lowest BCUT2D eigenvalue weighted by Gasteiger charge is -2.09. The maximum Gasteiger partial charge on any atom is 0.334 e. The number of nitrogens with zero attached hydrogens (tertiary/aromatic N) is 3. The molecule has 0 aliphatic carbocycles.